The number of carbonyl (C=O) groups excluding carboxylic acids is 2. The molecule has 0 radical (unpaired) electrons. The quantitative estimate of drug-likeness (QED) is 0.332. The number of hydrogen-bond donors (Lipinski definition) is 0. The summed E-state index contributed by atoms with van der Waals surface area (Å²) in [4.78, 5) is 26.3. The first-order chi connectivity index (χ1) is 13.1. The van der Waals surface area contributed by atoms with E-state index in [0.29, 0.717) is 16.7 Å². The molecule has 0 amide bonds. The Hall–Kier alpha value is -2.85. The molecule has 27 heavy (non-hydrogen) atoms. The number of rotatable bonds is 6. The highest BCUT2D eigenvalue weighted by Gasteiger charge is 2.22. The first-order valence-corrected chi connectivity index (χ1v) is 9.58. The Labute approximate surface area is 163 Å². The van der Waals surface area contributed by atoms with Gasteiger partial charge in [-0.15, -0.1) is 11.8 Å². The molecular weight excluding hydrogens is 356 g/mol. The van der Waals surface area contributed by atoms with Crippen LogP contribution in [0.15, 0.2) is 77.7 Å². The van der Waals surface area contributed by atoms with E-state index in [0.717, 1.165) is 16.2 Å². The average molecular weight is 376 g/mol. The van der Waals surface area contributed by atoms with Gasteiger partial charge in [0.1, 0.15) is 0 Å². The molecule has 0 bridgehead atoms. The van der Waals surface area contributed by atoms with Crippen molar-refractivity contribution in [3.8, 4) is 0 Å². The van der Waals surface area contributed by atoms with Crippen molar-refractivity contribution >= 4 is 23.5 Å². The van der Waals surface area contributed by atoms with Gasteiger partial charge in [-0.25, -0.2) is 4.79 Å². The van der Waals surface area contributed by atoms with E-state index in [-0.39, 0.29) is 5.78 Å². The van der Waals surface area contributed by atoms with Gasteiger partial charge in [0.25, 0.3) is 0 Å². The third kappa shape index (κ3) is 4.47. The molecule has 0 aliphatic rings. The van der Waals surface area contributed by atoms with Crippen LogP contribution in [0.25, 0.3) is 0 Å². The Morgan fingerprint density at radius 2 is 1.56 bits per heavy atom. The molecule has 0 atom stereocenters. The fourth-order valence-electron chi connectivity index (χ4n) is 2.88. The molecule has 0 saturated carbocycles. The number of hydrogen-bond acceptors (Lipinski definition) is 4. The molecule has 3 nitrogen and oxygen atoms in total. The number of ether oxygens (including phenoxy) is 1. The largest absolute Gasteiger partial charge is 0.465 e. The third-order valence-corrected chi connectivity index (χ3v) is 5.27. The maximum Gasteiger partial charge on any atom is 0.338 e. The van der Waals surface area contributed by atoms with Gasteiger partial charge < -0.3 is 4.74 Å². The van der Waals surface area contributed by atoms with Gasteiger partial charge in [0.15, 0.2) is 5.78 Å². The first kappa shape index (κ1) is 18.9. The molecule has 0 saturated heterocycles. The van der Waals surface area contributed by atoms with Gasteiger partial charge in [-0.05, 0) is 30.2 Å². The van der Waals surface area contributed by atoms with Crippen LogP contribution in [0.2, 0.25) is 0 Å². The van der Waals surface area contributed by atoms with E-state index in [4.69, 9.17) is 4.74 Å². The fraction of sp³-hybridized carbons (Fsp3) is 0.130. The second kappa shape index (κ2) is 8.69. The molecule has 0 unspecified atom stereocenters. The Balaban J connectivity index is 1.96. The van der Waals surface area contributed by atoms with Crippen LogP contribution in [-0.4, -0.2) is 18.9 Å². The molecular formula is C23H20O3S. The van der Waals surface area contributed by atoms with Crippen molar-refractivity contribution < 1.29 is 14.3 Å². The fourth-order valence-corrected chi connectivity index (χ4v) is 3.87. The number of esters is 1. The first-order valence-electron chi connectivity index (χ1n) is 8.59. The monoisotopic (exact) mass is 376 g/mol. The van der Waals surface area contributed by atoms with E-state index in [1.54, 1.807) is 30.0 Å². The van der Waals surface area contributed by atoms with Crippen LogP contribution >= 0.6 is 11.8 Å². The zero-order chi connectivity index (χ0) is 19.2. The van der Waals surface area contributed by atoms with Crippen LogP contribution < -0.4 is 0 Å². The molecule has 136 valence electrons. The Morgan fingerprint density at radius 3 is 2.19 bits per heavy atom. The van der Waals surface area contributed by atoms with Crippen molar-refractivity contribution in [2.24, 2.45) is 0 Å². The molecule has 0 aliphatic carbocycles. The Bertz CT molecular complexity index is 950. The lowest BCUT2D eigenvalue weighted by Gasteiger charge is -2.13. The highest BCUT2D eigenvalue weighted by Crippen LogP contribution is 2.29. The lowest BCUT2D eigenvalue weighted by molar-refractivity contribution is 0.0597. The summed E-state index contributed by atoms with van der Waals surface area (Å²) in [5.74, 6) is 0.111. The van der Waals surface area contributed by atoms with Gasteiger partial charge in [-0.3, -0.25) is 4.79 Å². The van der Waals surface area contributed by atoms with Gasteiger partial charge in [0.2, 0.25) is 0 Å². The van der Waals surface area contributed by atoms with E-state index in [2.05, 4.69) is 12.1 Å². The van der Waals surface area contributed by atoms with Crippen molar-refractivity contribution in [3.05, 3.63) is 101 Å². The molecule has 0 aliphatic heterocycles. The zero-order valence-electron chi connectivity index (χ0n) is 15.3. The van der Waals surface area contributed by atoms with Gasteiger partial charge in [0.05, 0.1) is 12.7 Å². The highest BCUT2D eigenvalue weighted by molar-refractivity contribution is 7.98. The van der Waals surface area contributed by atoms with Gasteiger partial charge >= 0.3 is 5.97 Å². The van der Waals surface area contributed by atoms with Crippen molar-refractivity contribution in [2.75, 3.05) is 7.11 Å². The van der Waals surface area contributed by atoms with Crippen LogP contribution in [0.5, 0.6) is 0 Å². The predicted octanol–water partition coefficient (Wildman–Crippen LogP) is 5.30. The van der Waals surface area contributed by atoms with Crippen LogP contribution in [0.3, 0.4) is 0 Å². The smallest absolute Gasteiger partial charge is 0.338 e. The summed E-state index contributed by atoms with van der Waals surface area (Å²) in [7, 11) is 1.33. The second-order valence-corrected chi connectivity index (χ2v) is 7.17. The number of methoxy groups -OCH3 is 1. The SMILES string of the molecule is COC(=O)c1cc(SCc2ccccc2)cc(C)c1C(=O)c1ccccc1. The summed E-state index contributed by atoms with van der Waals surface area (Å²) in [5, 5.41) is 0. The van der Waals surface area contributed by atoms with Crippen molar-refractivity contribution in [1.82, 2.24) is 0 Å². The number of aryl methyl sites for hydroxylation is 1. The van der Waals surface area contributed by atoms with E-state index < -0.39 is 5.97 Å². The molecule has 0 spiro atoms. The number of carbonyl (C=O) groups is 2. The maximum atomic E-state index is 13.0. The van der Waals surface area contributed by atoms with Gasteiger partial charge in [-0.1, -0.05) is 60.7 Å². The molecule has 3 rings (SSSR count). The topological polar surface area (TPSA) is 43.4 Å². The molecule has 3 aromatic rings. The summed E-state index contributed by atoms with van der Waals surface area (Å²) < 4.78 is 4.94. The number of ketones is 1. The third-order valence-electron chi connectivity index (χ3n) is 4.23. The summed E-state index contributed by atoms with van der Waals surface area (Å²) >= 11 is 1.63. The van der Waals surface area contributed by atoms with Crippen LogP contribution in [0, 0.1) is 6.92 Å². The van der Waals surface area contributed by atoms with Crippen molar-refractivity contribution in [3.63, 3.8) is 0 Å². The van der Waals surface area contributed by atoms with Crippen molar-refractivity contribution in [1.29, 1.82) is 0 Å². The summed E-state index contributed by atoms with van der Waals surface area (Å²) in [6, 6.07) is 22.8. The number of thioether (sulfide) groups is 1. The minimum absolute atomic E-state index is 0.173. The second-order valence-electron chi connectivity index (χ2n) is 6.12. The molecule has 0 aromatic heterocycles. The summed E-state index contributed by atoms with van der Waals surface area (Å²) in [6.07, 6.45) is 0. The predicted molar refractivity (Wildman–Crippen MR) is 108 cm³/mol. The maximum absolute atomic E-state index is 13.0. The average Bonchev–Trinajstić information content (AvgIpc) is 2.72. The van der Waals surface area contributed by atoms with E-state index >= 15 is 0 Å². The molecule has 0 heterocycles. The number of benzene rings is 3. The summed E-state index contributed by atoms with van der Waals surface area (Å²) in [5.41, 5.74) is 3.22. The Kier molecular flexibility index (Phi) is 6.09. The van der Waals surface area contributed by atoms with Gasteiger partial charge in [0, 0.05) is 21.8 Å². The highest BCUT2D eigenvalue weighted by atomic mass is 32.2. The molecule has 0 N–H and O–H groups in total. The lowest BCUT2D eigenvalue weighted by Crippen LogP contribution is -2.13. The zero-order valence-corrected chi connectivity index (χ0v) is 16.1. The van der Waals surface area contributed by atoms with E-state index in [1.807, 2.05) is 49.4 Å². The van der Waals surface area contributed by atoms with Crippen LogP contribution in [0.4, 0.5) is 0 Å². The van der Waals surface area contributed by atoms with E-state index in [1.165, 1.54) is 12.7 Å². The normalized spacial score (nSPS) is 10.4. The summed E-state index contributed by atoms with van der Waals surface area (Å²) in [6.45, 7) is 1.86. The molecule has 0 fully saturated rings. The van der Waals surface area contributed by atoms with Crippen LogP contribution in [0.1, 0.15) is 37.4 Å². The lowest BCUT2D eigenvalue weighted by atomic mass is 9.94. The molecule has 4 heteroatoms. The Morgan fingerprint density at radius 1 is 0.926 bits per heavy atom. The standard InChI is InChI=1S/C23H20O3S/c1-16-13-19(27-15-17-9-5-3-6-10-17)14-20(23(25)26-2)21(16)22(24)18-11-7-4-8-12-18/h3-14H,15H2,1-2H3. The molecule has 3 aromatic carbocycles. The van der Waals surface area contributed by atoms with Gasteiger partial charge in [-0.2, -0.15) is 0 Å². The van der Waals surface area contributed by atoms with E-state index in [9.17, 15) is 9.59 Å². The minimum atomic E-state index is -0.500. The van der Waals surface area contributed by atoms with Crippen LogP contribution in [-0.2, 0) is 10.5 Å². The minimum Gasteiger partial charge on any atom is -0.465 e. The van der Waals surface area contributed by atoms with Crippen molar-refractivity contribution in [2.45, 2.75) is 17.6 Å².